The van der Waals surface area contributed by atoms with E-state index in [9.17, 15) is 0 Å². The molecule has 0 saturated heterocycles. The zero-order valence-electron chi connectivity index (χ0n) is 10.2. The van der Waals surface area contributed by atoms with Crippen molar-refractivity contribution >= 4 is 32.1 Å². The second kappa shape index (κ2) is 4.84. The first-order valence-electron chi connectivity index (χ1n) is 6.04. The lowest BCUT2D eigenvalue weighted by atomic mass is 10.2. The van der Waals surface area contributed by atoms with Gasteiger partial charge in [0.15, 0.2) is 0 Å². The number of aryl methyl sites for hydroxylation is 1. The third-order valence-electron chi connectivity index (χ3n) is 2.97. The van der Waals surface area contributed by atoms with Crippen LogP contribution in [0.25, 0.3) is 9.40 Å². The molecule has 0 spiro atoms. The van der Waals surface area contributed by atoms with Gasteiger partial charge in [0.2, 0.25) is 0 Å². The van der Waals surface area contributed by atoms with Crippen molar-refractivity contribution in [1.82, 2.24) is 9.78 Å². The minimum atomic E-state index is -0.0661. The molecule has 0 bridgehead atoms. The molecule has 3 heterocycles. The molecule has 3 nitrogen and oxygen atoms in total. The molecular weight excluding hydrogens is 262 g/mol. The molecule has 3 aromatic heterocycles. The maximum atomic E-state index is 6.37. The van der Waals surface area contributed by atoms with E-state index < -0.39 is 0 Å². The van der Waals surface area contributed by atoms with Gasteiger partial charge >= 0.3 is 0 Å². The van der Waals surface area contributed by atoms with E-state index in [-0.39, 0.29) is 6.04 Å². The van der Waals surface area contributed by atoms with Crippen molar-refractivity contribution in [3.63, 3.8) is 0 Å². The molecule has 0 amide bonds. The smallest absolute Gasteiger partial charge is 0.0817 e. The monoisotopic (exact) mass is 277 g/mol. The summed E-state index contributed by atoms with van der Waals surface area (Å²) in [6, 6.07) is 6.32. The summed E-state index contributed by atoms with van der Waals surface area (Å²) < 4.78 is 4.66. The lowest BCUT2D eigenvalue weighted by Crippen LogP contribution is -2.16. The molecule has 3 rings (SSSR count). The van der Waals surface area contributed by atoms with Crippen LogP contribution in [0.1, 0.15) is 30.0 Å². The quantitative estimate of drug-likeness (QED) is 0.791. The van der Waals surface area contributed by atoms with Crippen molar-refractivity contribution in [2.45, 2.75) is 25.9 Å². The number of nitrogens with two attached hydrogens (primary N) is 1. The number of nitrogens with zero attached hydrogens (tertiary/aromatic N) is 2. The van der Waals surface area contributed by atoms with Crippen molar-refractivity contribution in [2.75, 3.05) is 0 Å². The number of fused-ring (bicyclic) bond motifs is 1. The van der Waals surface area contributed by atoms with Gasteiger partial charge in [0.05, 0.1) is 11.7 Å². The Labute approximate surface area is 114 Å². The van der Waals surface area contributed by atoms with Gasteiger partial charge in [0.1, 0.15) is 0 Å². The lowest BCUT2D eigenvalue weighted by Gasteiger charge is -2.12. The number of rotatable bonds is 4. The SMILES string of the molecule is CCCn1nccc1C(N)c1cc2sccc2s1. The van der Waals surface area contributed by atoms with Crippen molar-refractivity contribution in [1.29, 1.82) is 0 Å². The Morgan fingerprint density at radius 3 is 3.06 bits per heavy atom. The number of aromatic nitrogens is 2. The average molecular weight is 277 g/mol. The first kappa shape index (κ1) is 11.9. The molecule has 18 heavy (non-hydrogen) atoms. The number of hydrogen-bond donors (Lipinski definition) is 1. The third kappa shape index (κ3) is 1.98. The fraction of sp³-hybridized carbons (Fsp3) is 0.308. The van der Waals surface area contributed by atoms with Crippen molar-refractivity contribution < 1.29 is 0 Å². The zero-order chi connectivity index (χ0) is 12.5. The predicted octanol–water partition coefficient (Wildman–Crippen LogP) is 3.62. The molecular formula is C13H15N3S2. The van der Waals surface area contributed by atoms with Crippen molar-refractivity contribution in [2.24, 2.45) is 5.73 Å². The van der Waals surface area contributed by atoms with Crippen LogP contribution in [-0.4, -0.2) is 9.78 Å². The highest BCUT2D eigenvalue weighted by atomic mass is 32.1. The maximum Gasteiger partial charge on any atom is 0.0817 e. The van der Waals surface area contributed by atoms with Crippen molar-refractivity contribution in [3.05, 3.63) is 40.3 Å². The van der Waals surface area contributed by atoms with E-state index in [1.54, 1.807) is 22.7 Å². The second-order valence-electron chi connectivity index (χ2n) is 4.25. The molecule has 94 valence electrons. The van der Waals surface area contributed by atoms with Crippen LogP contribution in [-0.2, 0) is 6.54 Å². The van der Waals surface area contributed by atoms with E-state index in [0.717, 1.165) is 18.7 Å². The predicted molar refractivity (Wildman–Crippen MR) is 78.3 cm³/mol. The molecule has 0 aliphatic rings. The number of thiophene rings is 2. The topological polar surface area (TPSA) is 43.8 Å². The lowest BCUT2D eigenvalue weighted by molar-refractivity contribution is 0.561. The molecule has 0 radical (unpaired) electrons. The van der Waals surface area contributed by atoms with Gasteiger partial charge in [-0.1, -0.05) is 6.92 Å². The highest BCUT2D eigenvalue weighted by Gasteiger charge is 2.16. The van der Waals surface area contributed by atoms with Crippen LogP contribution in [0.4, 0.5) is 0 Å². The molecule has 2 N–H and O–H groups in total. The summed E-state index contributed by atoms with van der Waals surface area (Å²) in [6.07, 6.45) is 2.90. The van der Waals surface area contributed by atoms with E-state index in [1.165, 1.54) is 14.3 Å². The summed E-state index contributed by atoms with van der Waals surface area (Å²) in [6.45, 7) is 3.08. The Bertz CT molecular complexity index is 621. The van der Waals surface area contributed by atoms with Gasteiger partial charge in [-0.2, -0.15) is 5.10 Å². The van der Waals surface area contributed by atoms with Gasteiger partial charge < -0.3 is 5.73 Å². The summed E-state index contributed by atoms with van der Waals surface area (Å²) >= 11 is 3.55. The fourth-order valence-electron chi connectivity index (χ4n) is 2.09. The van der Waals surface area contributed by atoms with Crippen LogP contribution in [0.2, 0.25) is 0 Å². The van der Waals surface area contributed by atoms with Gasteiger partial charge in [-0.05, 0) is 30.0 Å². The molecule has 0 aliphatic heterocycles. The van der Waals surface area contributed by atoms with Crippen LogP contribution in [0.3, 0.4) is 0 Å². The minimum Gasteiger partial charge on any atom is -0.318 e. The molecule has 0 saturated carbocycles. The minimum absolute atomic E-state index is 0.0661. The third-order valence-corrected chi connectivity index (χ3v) is 5.14. The zero-order valence-corrected chi connectivity index (χ0v) is 11.8. The molecule has 0 fully saturated rings. The van der Waals surface area contributed by atoms with Crippen LogP contribution < -0.4 is 5.73 Å². The highest BCUT2D eigenvalue weighted by Crippen LogP contribution is 2.34. The van der Waals surface area contributed by atoms with Crippen LogP contribution >= 0.6 is 22.7 Å². The fourth-order valence-corrected chi connectivity index (χ4v) is 4.22. The van der Waals surface area contributed by atoms with Gasteiger partial charge in [-0.15, -0.1) is 22.7 Å². The van der Waals surface area contributed by atoms with Gasteiger partial charge in [-0.3, -0.25) is 4.68 Å². The maximum absolute atomic E-state index is 6.37. The van der Waals surface area contributed by atoms with Gasteiger partial charge in [0.25, 0.3) is 0 Å². The normalized spacial score (nSPS) is 13.2. The van der Waals surface area contributed by atoms with E-state index in [2.05, 4.69) is 29.5 Å². The van der Waals surface area contributed by atoms with E-state index in [1.807, 2.05) is 16.9 Å². The molecule has 0 aliphatic carbocycles. The first-order chi connectivity index (χ1) is 8.79. The molecule has 0 aromatic carbocycles. The molecule has 5 heteroatoms. The summed E-state index contributed by atoms with van der Waals surface area (Å²) in [4.78, 5) is 1.22. The van der Waals surface area contributed by atoms with Crippen LogP contribution in [0.15, 0.2) is 29.8 Å². The molecule has 3 aromatic rings. The summed E-state index contributed by atoms with van der Waals surface area (Å²) in [7, 11) is 0. The van der Waals surface area contributed by atoms with Crippen LogP contribution in [0, 0.1) is 0 Å². The second-order valence-corrected chi connectivity index (χ2v) is 6.32. The van der Waals surface area contributed by atoms with E-state index in [0.29, 0.717) is 0 Å². The first-order valence-corrected chi connectivity index (χ1v) is 7.73. The Kier molecular flexibility index (Phi) is 3.20. The van der Waals surface area contributed by atoms with E-state index >= 15 is 0 Å². The summed E-state index contributed by atoms with van der Waals surface area (Å²) in [5, 5.41) is 6.46. The van der Waals surface area contributed by atoms with Gasteiger partial charge in [-0.25, -0.2) is 0 Å². The summed E-state index contributed by atoms with van der Waals surface area (Å²) in [5.41, 5.74) is 7.47. The van der Waals surface area contributed by atoms with Crippen LogP contribution in [0.5, 0.6) is 0 Å². The van der Waals surface area contributed by atoms with Crippen molar-refractivity contribution in [3.8, 4) is 0 Å². The number of hydrogen-bond acceptors (Lipinski definition) is 4. The Morgan fingerprint density at radius 2 is 2.28 bits per heavy atom. The van der Waals surface area contributed by atoms with E-state index in [4.69, 9.17) is 5.73 Å². The summed E-state index contributed by atoms with van der Waals surface area (Å²) in [5.74, 6) is 0. The largest absolute Gasteiger partial charge is 0.318 e. The Hall–Kier alpha value is -1.17. The standard InChI is InChI=1S/C13H15N3S2/c1-2-6-16-9(3-5-15-16)13(14)12-8-11-10(18-12)4-7-17-11/h3-5,7-8,13H,2,6,14H2,1H3. The Morgan fingerprint density at radius 1 is 1.39 bits per heavy atom. The molecule has 1 unspecified atom stereocenters. The average Bonchev–Trinajstić information content (AvgIpc) is 3.02. The highest BCUT2D eigenvalue weighted by molar-refractivity contribution is 7.26. The Balaban J connectivity index is 1.95. The van der Waals surface area contributed by atoms with Gasteiger partial charge in [0, 0.05) is 27.0 Å². The molecule has 1 atom stereocenters.